The number of hydrogen-bond acceptors (Lipinski definition) is 4. The number of halogens is 2. The highest BCUT2D eigenvalue weighted by Gasteiger charge is 2.15. The number of aromatic nitrogens is 4. The van der Waals surface area contributed by atoms with E-state index in [2.05, 4.69) is 20.8 Å². The Morgan fingerprint density at radius 3 is 2.83 bits per heavy atom. The van der Waals surface area contributed by atoms with Crippen molar-refractivity contribution in [3.8, 4) is 5.69 Å². The van der Waals surface area contributed by atoms with Crippen LogP contribution in [0.5, 0.6) is 0 Å². The molecule has 1 aromatic carbocycles. The largest absolute Gasteiger partial charge is 0.321 e. The number of benzene rings is 1. The van der Waals surface area contributed by atoms with Crippen LogP contribution in [0.2, 0.25) is 0 Å². The second-order valence-corrected chi connectivity index (χ2v) is 3.48. The van der Waals surface area contributed by atoms with Crippen LogP contribution in [0.15, 0.2) is 24.3 Å². The molecule has 1 aromatic heterocycles. The number of hydrogen-bond donors (Lipinski definition) is 1. The lowest BCUT2D eigenvalue weighted by atomic mass is 10.2. The van der Waals surface area contributed by atoms with Crippen LogP contribution in [0.4, 0.5) is 14.5 Å². The average molecular weight is 253 g/mol. The van der Waals surface area contributed by atoms with E-state index in [0.29, 0.717) is 11.5 Å². The first kappa shape index (κ1) is 12.1. The second kappa shape index (κ2) is 4.86. The molecule has 0 unspecified atom stereocenters. The van der Waals surface area contributed by atoms with Gasteiger partial charge in [0.05, 0.1) is 5.69 Å². The molecular formula is C10H9F2N5O. The highest BCUT2D eigenvalue weighted by Crippen LogP contribution is 2.15. The topological polar surface area (TPSA) is 72.7 Å². The van der Waals surface area contributed by atoms with Gasteiger partial charge in [0.15, 0.2) is 5.82 Å². The number of nitrogens with one attached hydrogen (secondary N) is 1. The monoisotopic (exact) mass is 253 g/mol. The van der Waals surface area contributed by atoms with E-state index < -0.39 is 12.3 Å². The van der Waals surface area contributed by atoms with E-state index in [4.69, 9.17) is 0 Å². The minimum atomic E-state index is -3.05. The van der Waals surface area contributed by atoms with Crippen LogP contribution in [0.25, 0.3) is 5.69 Å². The predicted octanol–water partition coefficient (Wildman–Crippen LogP) is 1.17. The molecule has 0 atom stereocenters. The van der Waals surface area contributed by atoms with Gasteiger partial charge in [0.2, 0.25) is 0 Å². The Morgan fingerprint density at radius 1 is 1.44 bits per heavy atom. The highest BCUT2D eigenvalue weighted by atomic mass is 19.3. The number of nitrogens with zero attached hydrogens (tertiary/aromatic N) is 4. The van der Waals surface area contributed by atoms with Gasteiger partial charge >= 0.3 is 6.43 Å². The van der Waals surface area contributed by atoms with E-state index in [1.165, 1.54) is 16.8 Å². The molecule has 6 nitrogen and oxygen atoms in total. The smallest absolute Gasteiger partial charge is 0.315 e. The van der Waals surface area contributed by atoms with E-state index in [1.807, 2.05) is 0 Å². The zero-order valence-corrected chi connectivity index (χ0v) is 9.34. The summed E-state index contributed by atoms with van der Waals surface area (Å²) in [5, 5.41) is 13.0. The number of alkyl halides is 2. The minimum Gasteiger partial charge on any atom is -0.321 e. The van der Waals surface area contributed by atoms with Crippen LogP contribution in [0.3, 0.4) is 0 Å². The Morgan fingerprint density at radius 2 is 2.22 bits per heavy atom. The summed E-state index contributed by atoms with van der Waals surface area (Å²) in [7, 11) is 0. The fourth-order valence-corrected chi connectivity index (χ4v) is 1.38. The number of rotatable bonds is 3. The first-order valence-electron chi connectivity index (χ1n) is 5.02. The summed E-state index contributed by atoms with van der Waals surface area (Å²) in [5.41, 5.74) is 0.831. The first-order chi connectivity index (χ1) is 8.58. The van der Waals surface area contributed by atoms with Crippen LogP contribution < -0.4 is 5.32 Å². The zero-order valence-electron chi connectivity index (χ0n) is 9.34. The molecule has 0 aliphatic heterocycles. The zero-order chi connectivity index (χ0) is 13.1. The lowest BCUT2D eigenvalue weighted by Gasteiger charge is -2.07. The summed E-state index contributed by atoms with van der Waals surface area (Å²) in [6.07, 6.45) is -3.05. The molecule has 0 bridgehead atoms. The van der Waals surface area contributed by atoms with Gasteiger partial charge in [0.25, 0.3) is 5.91 Å². The molecule has 1 N–H and O–H groups in total. The lowest BCUT2D eigenvalue weighted by Crippen LogP contribution is -2.20. The molecule has 2 rings (SSSR count). The van der Waals surface area contributed by atoms with Gasteiger partial charge in [-0.2, -0.15) is 13.5 Å². The standard InChI is InChI=1S/C10H9F2N5O/c1-6-14-15-16-17(6)8-4-2-3-7(5-8)13-10(18)9(11)12/h2-5,9H,1H3,(H,13,18). The Kier molecular flexibility index (Phi) is 3.26. The van der Waals surface area contributed by atoms with Gasteiger partial charge in [-0.25, -0.2) is 0 Å². The molecule has 0 saturated heterocycles. The Balaban J connectivity index is 2.26. The van der Waals surface area contributed by atoms with Crippen LogP contribution in [0.1, 0.15) is 5.82 Å². The fraction of sp³-hybridized carbons (Fsp3) is 0.200. The molecule has 0 fully saturated rings. The maximum atomic E-state index is 12.1. The van der Waals surface area contributed by atoms with E-state index in [9.17, 15) is 13.6 Å². The van der Waals surface area contributed by atoms with Crippen molar-refractivity contribution in [1.82, 2.24) is 20.2 Å². The molecule has 8 heteroatoms. The summed E-state index contributed by atoms with van der Waals surface area (Å²) in [5.74, 6) is -0.798. The van der Waals surface area contributed by atoms with Crippen LogP contribution in [-0.2, 0) is 4.79 Å². The van der Waals surface area contributed by atoms with Gasteiger partial charge in [-0.1, -0.05) is 6.07 Å². The van der Waals surface area contributed by atoms with E-state index in [0.717, 1.165) is 0 Å². The summed E-state index contributed by atoms with van der Waals surface area (Å²) in [6, 6.07) is 6.31. The SMILES string of the molecule is Cc1nnnn1-c1cccc(NC(=O)C(F)F)c1. The van der Waals surface area contributed by atoms with Crippen LogP contribution >= 0.6 is 0 Å². The van der Waals surface area contributed by atoms with Gasteiger partial charge < -0.3 is 5.32 Å². The van der Waals surface area contributed by atoms with Gasteiger partial charge in [0.1, 0.15) is 0 Å². The van der Waals surface area contributed by atoms with Crippen molar-refractivity contribution in [3.63, 3.8) is 0 Å². The molecule has 94 valence electrons. The number of aryl methyl sites for hydroxylation is 1. The molecule has 1 amide bonds. The van der Waals surface area contributed by atoms with Crippen LogP contribution in [0, 0.1) is 6.92 Å². The number of anilines is 1. The van der Waals surface area contributed by atoms with Crippen molar-refractivity contribution >= 4 is 11.6 Å². The molecule has 1 heterocycles. The van der Waals surface area contributed by atoms with Gasteiger partial charge in [-0.15, -0.1) is 5.10 Å². The van der Waals surface area contributed by atoms with Gasteiger partial charge in [-0.05, 0) is 35.5 Å². The Hall–Kier alpha value is -2.38. The molecule has 18 heavy (non-hydrogen) atoms. The van der Waals surface area contributed by atoms with Crippen molar-refractivity contribution in [2.75, 3.05) is 5.32 Å². The average Bonchev–Trinajstić information content (AvgIpc) is 2.75. The van der Waals surface area contributed by atoms with Crippen LogP contribution in [-0.4, -0.2) is 32.5 Å². The highest BCUT2D eigenvalue weighted by molar-refractivity contribution is 5.93. The number of carbonyl (C=O) groups is 1. The maximum Gasteiger partial charge on any atom is 0.315 e. The number of tetrazole rings is 1. The third-order valence-corrected chi connectivity index (χ3v) is 2.18. The van der Waals surface area contributed by atoms with Crippen molar-refractivity contribution < 1.29 is 13.6 Å². The van der Waals surface area contributed by atoms with Gasteiger partial charge in [-0.3, -0.25) is 4.79 Å². The second-order valence-electron chi connectivity index (χ2n) is 3.48. The third-order valence-electron chi connectivity index (χ3n) is 2.18. The van der Waals surface area contributed by atoms with Crippen molar-refractivity contribution in [3.05, 3.63) is 30.1 Å². The summed E-state index contributed by atoms with van der Waals surface area (Å²) in [4.78, 5) is 10.9. The third kappa shape index (κ3) is 2.47. The molecule has 0 aliphatic rings. The Labute approximate surface area is 101 Å². The quantitative estimate of drug-likeness (QED) is 0.891. The molecule has 2 aromatic rings. The Bertz CT molecular complexity index is 569. The summed E-state index contributed by atoms with van der Waals surface area (Å²) in [6.45, 7) is 1.70. The number of amides is 1. The van der Waals surface area contributed by atoms with E-state index in [1.54, 1.807) is 19.1 Å². The lowest BCUT2D eigenvalue weighted by molar-refractivity contribution is -0.126. The normalized spacial score (nSPS) is 10.7. The van der Waals surface area contributed by atoms with Gasteiger partial charge in [0, 0.05) is 5.69 Å². The predicted molar refractivity (Wildman–Crippen MR) is 58.5 cm³/mol. The summed E-state index contributed by atoms with van der Waals surface area (Å²) < 4.78 is 25.6. The summed E-state index contributed by atoms with van der Waals surface area (Å²) >= 11 is 0. The maximum absolute atomic E-state index is 12.1. The number of carbonyl (C=O) groups excluding carboxylic acids is 1. The molecular weight excluding hydrogens is 244 g/mol. The van der Waals surface area contributed by atoms with E-state index in [-0.39, 0.29) is 5.69 Å². The molecule has 0 saturated carbocycles. The van der Waals surface area contributed by atoms with Crippen molar-refractivity contribution in [2.24, 2.45) is 0 Å². The van der Waals surface area contributed by atoms with E-state index >= 15 is 0 Å². The van der Waals surface area contributed by atoms with Crippen molar-refractivity contribution in [1.29, 1.82) is 0 Å². The molecule has 0 spiro atoms. The first-order valence-corrected chi connectivity index (χ1v) is 5.02. The minimum absolute atomic E-state index is 0.257. The molecule has 0 radical (unpaired) electrons. The van der Waals surface area contributed by atoms with Crippen molar-refractivity contribution in [2.45, 2.75) is 13.3 Å². The molecule has 0 aliphatic carbocycles. The fourth-order valence-electron chi connectivity index (χ4n) is 1.38.